The quantitative estimate of drug-likeness (QED) is 0.0447. The highest BCUT2D eigenvalue weighted by atomic mass is 32.1. The highest BCUT2D eigenvalue weighted by Gasteiger charge is 2.56. The van der Waals surface area contributed by atoms with E-state index in [0.717, 1.165) is 46.7 Å². The lowest BCUT2D eigenvalue weighted by Gasteiger charge is -2.43. The number of hydrogen-bond donors (Lipinski definition) is 0. The molecule has 0 spiro atoms. The number of ketones is 1. The van der Waals surface area contributed by atoms with Crippen LogP contribution in [0.2, 0.25) is 6.32 Å². The normalized spacial score (nSPS) is 12.0. The largest absolute Gasteiger partial charge is 0.484 e. The molecule has 0 saturated carbocycles. The van der Waals surface area contributed by atoms with Crippen LogP contribution in [0.1, 0.15) is 120 Å². The molecule has 0 fully saturated rings. The van der Waals surface area contributed by atoms with E-state index >= 15 is 0 Å². The molecule has 0 bridgehead atoms. The maximum Gasteiger partial charge on any atom is 0.484 e. The summed E-state index contributed by atoms with van der Waals surface area (Å²) in [6.07, 6.45) is 6.30. The molecule has 61 heavy (non-hydrogen) atoms. The topological polar surface area (TPSA) is 34.1 Å². The van der Waals surface area contributed by atoms with E-state index in [1.165, 1.54) is 62.1 Å². The van der Waals surface area contributed by atoms with Gasteiger partial charge in [0.2, 0.25) is 5.78 Å². The molecule has 0 saturated heterocycles. The van der Waals surface area contributed by atoms with Crippen LogP contribution in [0.25, 0.3) is 0 Å². The van der Waals surface area contributed by atoms with Crippen molar-refractivity contribution in [3.05, 3.63) is 197 Å². The Morgan fingerprint density at radius 2 is 0.820 bits per heavy atom. The first-order chi connectivity index (χ1) is 29.1. The van der Waals surface area contributed by atoms with Gasteiger partial charge in [0, 0.05) is 20.9 Å². The molecule has 0 aliphatic rings. The van der Waals surface area contributed by atoms with Crippen LogP contribution in [0.3, 0.4) is 0 Å². The molecule has 2 nitrogen and oxygen atoms in total. The Bertz CT molecular complexity index is 2130. The van der Waals surface area contributed by atoms with Crippen molar-refractivity contribution in [3.63, 3.8) is 0 Å². The van der Waals surface area contributed by atoms with Gasteiger partial charge in [-0.2, -0.15) is 22.7 Å². The summed E-state index contributed by atoms with van der Waals surface area (Å²) >= 11 is 0.354. The Kier molecular flexibility index (Phi) is 15.9. The van der Waals surface area contributed by atoms with E-state index in [9.17, 15) is 22.2 Å². The van der Waals surface area contributed by atoms with E-state index < -0.39 is 10.9 Å². The van der Waals surface area contributed by atoms with Gasteiger partial charge in [-0.05, 0) is 58.4 Å². The SMILES string of the molecule is CC(C)(C)c1ccc(C([S+]=O)(C(=O)c2ccccc2)c2ccc(C(C)(C)C)cc2)cc1.CCCCCCCC[B-](c1ccc(F)cc1)(c1ccc(F)cc1)c1ccc(F)cc1. The molecule has 6 rings (SSSR count). The maximum atomic E-state index is 13.8. The average Bonchev–Trinajstić information content (AvgIpc) is 3.25. The zero-order chi connectivity index (χ0) is 44.3. The molecule has 318 valence electrons. The molecule has 0 aliphatic carbocycles. The van der Waals surface area contributed by atoms with Crippen LogP contribution in [-0.2, 0) is 31.5 Å². The first kappa shape index (κ1) is 46.9. The number of halogens is 3. The molecule has 0 heterocycles. The monoisotopic (exact) mass is 840 g/mol. The minimum atomic E-state index is -1.48. The molecule has 0 aliphatic heterocycles. The second kappa shape index (κ2) is 20.6. The van der Waals surface area contributed by atoms with Crippen LogP contribution in [0.5, 0.6) is 0 Å². The van der Waals surface area contributed by atoms with Crippen LogP contribution in [0, 0.1) is 17.5 Å². The van der Waals surface area contributed by atoms with Gasteiger partial charge in [-0.25, -0.2) is 13.2 Å². The summed E-state index contributed by atoms with van der Waals surface area (Å²) in [5.41, 5.74) is 7.22. The lowest BCUT2D eigenvalue weighted by molar-refractivity contribution is 0.0958. The third-order valence-electron chi connectivity index (χ3n) is 12.1. The van der Waals surface area contributed by atoms with Crippen LogP contribution < -0.4 is 16.4 Å². The van der Waals surface area contributed by atoms with E-state index in [1.54, 1.807) is 12.1 Å². The van der Waals surface area contributed by atoms with Gasteiger partial charge in [0.25, 0.3) is 0 Å². The summed E-state index contributed by atoms with van der Waals surface area (Å²) in [6.45, 7) is 15.1. The molecular formula is C54H60BF3O2S. The van der Waals surface area contributed by atoms with E-state index in [2.05, 4.69) is 48.5 Å². The number of benzene rings is 6. The van der Waals surface area contributed by atoms with E-state index in [1.807, 2.05) is 103 Å². The maximum absolute atomic E-state index is 13.8. The third kappa shape index (κ3) is 11.2. The van der Waals surface area contributed by atoms with Gasteiger partial charge in [-0.1, -0.05) is 202 Å². The number of hydrogen-bond acceptors (Lipinski definition) is 2. The lowest BCUT2D eigenvalue weighted by Crippen LogP contribution is -2.67. The van der Waals surface area contributed by atoms with Crippen LogP contribution in [0.15, 0.2) is 152 Å². The average molecular weight is 841 g/mol. The van der Waals surface area contributed by atoms with Gasteiger partial charge in [-0.15, -0.1) is 0 Å². The summed E-state index contributed by atoms with van der Waals surface area (Å²) in [5.74, 6) is -1.07. The first-order valence-corrected chi connectivity index (χ1v) is 22.4. The fourth-order valence-corrected chi connectivity index (χ4v) is 9.11. The number of rotatable bonds is 15. The molecule has 0 atom stereocenters. The van der Waals surface area contributed by atoms with Gasteiger partial charge in [0.15, 0.2) is 0 Å². The lowest BCUT2D eigenvalue weighted by atomic mass is 9.14. The Labute approximate surface area is 366 Å². The summed E-state index contributed by atoms with van der Waals surface area (Å²) in [5, 5.41) is 0. The van der Waals surface area contributed by atoms with Crippen molar-refractivity contribution in [1.82, 2.24) is 0 Å². The minimum Gasteiger partial charge on any atom is -0.286 e. The van der Waals surface area contributed by atoms with Crippen molar-refractivity contribution in [1.29, 1.82) is 0 Å². The Morgan fingerprint density at radius 1 is 0.475 bits per heavy atom. The molecule has 6 aromatic rings. The standard InChI is InChI=1S/C28H31O2S.C26H29BF3/c1-26(2,3)21-12-16-23(17-13-21)28(31-30,25(29)20-10-8-7-9-11-20)24-18-14-22(15-19-24)27(4,5)6;1-2-3-4-5-6-7-20-27(21-8-14-24(28)15-9-21,22-10-16-25(29)17-11-22)23-12-18-26(30)19-13-23/h7-19H,1-6H3;8-19H,2-7,20H2,1H3/q+1;-1. The second-order valence-corrected chi connectivity index (χ2v) is 19.1. The van der Waals surface area contributed by atoms with Gasteiger partial charge >= 0.3 is 16.4 Å². The summed E-state index contributed by atoms with van der Waals surface area (Å²) in [6, 6.07) is 44.7. The van der Waals surface area contributed by atoms with E-state index in [0.29, 0.717) is 28.4 Å². The van der Waals surface area contributed by atoms with Crippen LogP contribution in [0.4, 0.5) is 13.2 Å². The van der Waals surface area contributed by atoms with Gasteiger partial charge in [0.1, 0.15) is 17.5 Å². The fourth-order valence-electron chi connectivity index (χ4n) is 8.45. The minimum absolute atomic E-state index is 0.0103. The van der Waals surface area contributed by atoms with Crippen molar-refractivity contribution in [3.8, 4) is 0 Å². The number of unbranched alkanes of at least 4 members (excludes halogenated alkanes) is 5. The second-order valence-electron chi connectivity index (χ2n) is 18.4. The summed E-state index contributed by atoms with van der Waals surface area (Å²) < 4.78 is 52.6. The summed E-state index contributed by atoms with van der Waals surface area (Å²) in [7, 11) is 0. The fraction of sp³-hybridized carbons (Fsp3) is 0.315. The highest BCUT2D eigenvalue weighted by Crippen LogP contribution is 2.38. The molecule has 6 aromatic carbocycles. The molecule has 0 unspecified atom stereocenters. The Balaban J connectivity index is 0.000000231. The smallest absolute Gasteiger partial charge is 0.286 e. The van der Waals surface area contributed by atoms with Gasteiger partial charge < -0.3 is 0 Å². The predicted octanol–water partition coefficient (Wildman–Crippen LogP) is 12.8. The van der Waals surface area contributed by atoms with Crippen molar-refractivity contribution < 1.29 is 22.2 Å². The Hall–Kier alpha value is -5.14. The van der Waals surface area contributed by atoms with Crippen molar-refractivity contribution >= 4 is 40.0 Å². The van der Waals surface area contributed by atoms with E-state index in [4.69, 9.17) is 0 Å². The molecule has 0 aromatic heterocycles. The molecule has 0 radical (unpaired) electrons. The van der Waals surface area contributed by atoms with Crippen LogP contribution >= 0.6 is 0 Å². The molecule has 0 N–H and O–H groups in total. The van der Waals surface area contributed by atoms with E-state index in [-0.39, 0.29) is 34.1 Å². The number of carbonyl (C=O) groups is 1. The van der Waals surface area contributed by atoms with Crippen LogP contribution in [-0.4, -0.2) is 11.9 Å². The zero-order valence-electron chi connectivity index (χ0n) is 36.8. The van der Waals surface area contributed by atoms with Gasteiger partial charge in [-0.3, -0.25) is 4.79 Å². The highest BCUT2D eigenvalue weighted by molar-refractivity contribution is 7.68. The number of Topliss-reactive ketones (excluding diaryl/α,β-unsaturated/α-hetero) is 1. The molecule has 0 amide bonds. The third-order valence-corrected chi connectivity index (χ3v) is 13.0. The predicted molar refractivity (Wildman–Crippen MR) is 252 cm³/mol. The Morgan fingerprint density at radius 3 is 1.16 bits per heavy atom. The molecule has 7 heteroatoms. The van der Waals surface area contributed by atoms with Gasteiger partial charge in [0.05, 0.1) is 6.15 Å². The summed E-state index contributed by atoms with van der Waals surface area (Å²) in [4.78, 5) is 13.8. The number of carbonyl (C=O) groups excluding carboxylic acids is 1. The van der Waals surface area contributed by atoms with Crippen molar-refractivity contribution in [2.24, 2.45) is 0 Å². The zero-order valence-corrected chi connectivity index (χ0v) is 37.6. The molecular weight excluding hydrogens is 780 g/mol. The van der Waals surface area contributed by atoms with Crippen molar-refractivity contribution in [2.75, 3.05) is 0 Å². The first-order valence-electron chi connectivity index (χ1n) is 21.6. The van der Waals surface area contributed by atoms with Crippen molar-refractivity contribution in [2.45, 2.75) is 109 Å².